The van der Waals surface area contributed by atoms with E-state index in [2.05, 4.69) is 16.8 Å². The molecule has 3 nitrogen and oxygen atoms in total. The number of rotatable bonds is 4. The molecule has 2 saturated heterocycles. The fourth-order valence-corrected chi connectivity index (χ4v) is 3.73. The van der Waals surface area contributed by atoms with Gasteiger partial charge in [0.2, 0.25) is 0 Å². The van der Waals surface area contributed by atoms with Crippen LogP contribution in [0.5, 0.6) is 5.75 Å². The molecule has 1 unspecified atom stereocenters. The van der Waals surface area contributed by atoms with Gasteiger partial charge >= 0.3 is 0 Å². The van der Waals surface area contributed by atoms with Gasteiger partial charge in [0.25, 0.3) is 0 Å². The SMILES string of the molecule is CN1CCCC(CN2CCC(Oc3cccc(F)c3)CC2)C1. The lowest BCUT2D eigenvalue weighted by Gasteiger charge is -2.37. The largest absolute Gasteiger partial charge is 0.490 e. The quantitative estimate of drug-likeness (QED) is 0.850. The Morgan fingerprint density at radius 2 is 2.00 bits per heavy atom. The summed E-state index contributed by atoms with van der Waals surface area (Å²) in [6.45, 7) is 5.90. The number of hydrogen-bond acceptors (Lipinski definition) is 3. The minimum atomic E-state index is -0.226. The van der Waals surface area contributed by atoms with Gasteiger partial charge < -0.3 is 14.5 Å². The summed E-state index contributed by atoms with van der Waals surface area (Å²) in [4.78, 5) is 5.03. The molecule has 2 aliphatic heterocycles. The minimum Gasteiger partial charge on any atom is -0.490 e. The molecule has 1 aromatic carbocycles. The first-order valence-electron chi connectivity index (χ1n) is 8.52. The fourth-order valence-electron chi connectivity index (χ4n) is 3.73. The van der Waals surface area contributed by atoms with Gasteiger partial charge in [-0.3, -0.25) is 0 Å². The van der Waals surface area contributed by atoms with E-state index in [1.54, 1.807) is 6.07 Å². The number of halogens is 1. The van der Waals surface area contributed by atoms with E-state index in [4.69, 9.17) is 4.74 Å². The van der Waals surface area contributed by atoms with Crippen LogP contribution in [0.15, 0.2) is 24.3 Å². The van der Waals surface area contributed by atoms with Crippen molar-refractivity contribution in [3.8, 4) is 5.75 Å². The van der Waals surface area contributed by atoms with Crippen molar-refractivity contribution in [2.75, 3.05) is 39.8 Å². The smallest absolute Gasteiger partial charge is 0.126 e. The molecule has 22 heavy (non-hydrogen) atoms. The predicted octanol–water partition coefficient (Wildman–Crippen LogP) is 3.01. The summed E-state index contributed by atoms with van der Waals surface area (Å²) < 4.78 is 19.1. The molecule has 1 atom stereocenters. The predicted molar refractivity (Wildman–Crippen MR) is 86.7 cm³/mol. The Bertz CT molecular complexity index is 474. The fraction of sp³-hybridized carbons (Fsp3) is 0.667. The number of piperidine rings is 2. The van der Waals surface area contributed by atoms with Crippen LogP contribution in [-0.2, 0) is 0 Å². The summed E-state index contributed by atoms with van der Waals surface area (Å²) >= 11 is 0. The lowest BCUT2D eigenvalue weighted by molar-refractivity contribution is 0.0784. The van der Waals surface area contributed by atoms with Crippen LogP contribution in [0.1, 0.15) is 25.7 Å². The first kappa shape index (κ1) is 15.8. The molecule has 2 heterocycles. The third-order valence-electron chi connectivity index (χ3n) is 4.87. The highest BCUT2D eigenvalue weighted by atomic mass is 19.1. The van der Waals surface area contributed by atoms with E-state index in [9.17, 15) is 4.39 Å². The van der Waals surface area contributed by atoms with E-state index in [1.807, 2.05) is 6.07 Å². The van der Waals surface area contributed by atoms with Crippen LogP contribution < -0.4 is 4.74 Å². The Balaban J connectivity index is 1.42. The van der Waals surface area contributed by atoms with Crippen molar-refractivity contribution >= 4 is 0 Å². The van der Waals surface area contributed by atoms with Crippen LogP contribution in [0.4, 0.5) is 4.39 Å². The van der Waals surface area contributed by atoms with Gasteiger partial charge in [0.05, 0.1) is 0 Å². The van der Waals surface area contributed by atoms with Crippen LogP contribution in [-0.4, -0.2) is 55.7 Å². The normalized spacial score (nSPS) is 25.3. The molecule has 0 bridgehead atoms. The highest BCUT2D eigenvalue weighted by Crippen LogP contribution is 2.22. The average Bonchev–Trinajstić information content (AvgIpc) is 2.49. The maximum atomic E-state index is 13.2. The van der Waals surface area contributed by atoms with Crippen LogP contribution in [0.25, 0.3) is 0 Å². The Morgan fingerprint density at radius 1 is 1.18 bits per heavy atom. The molecule has 2 fully saturated rings. The van der Waals surface area contributed by atoms with Gasteiger partial charge in [0.1, 0.15) is 17.7 Å². The lowest BCUT2D eigenvalue weighted by Crippen LogP contribution is -2.44. The Labute approximate surface area is 133 Å². The second-order valence-corrected chi connectivity index (χ2v) is 6.85. The van der Waals surface area contributed by atoms with Gasteiger partial charge in [-0.15, -0.1) is 0 Å². The molecule has 0 amide bonds. The molecular weight excluding hydrogens is 279 g/mol. The molecule has 0 aromatic heterocycles. The zero-order chi connectivity index (χ0) is 15.4. The number of benzene rings is 1. The molecule has 0 radical (unpaired) electrons. The van der Waals surface area contributed by atoms with Gasteiger partial charge in [-0.1, -0.05) is 6.07 Å². The van der Waals surface area contributed by atoms with E-state index in [0.717, 1.165) is 31.8 Å². The number of hydrogen-bond donors (Lipinski definition) is 0. The first-order valence-corrected chi connectivity index (χ1v) is 8.52. The van der Waals surface area contributed by atoms with E-state index in [0.29, 0.717) is 5.75 Å². The van der Waals surface area contributed by atoms with E-state index < -0.39 is 0 Å². The zero-order valence-corrected chi connectivity index (χ0v) is 13.5. The summed E-state index contributed by atoms with van der Waals surface area (Å²) in [5.41, 5.74) is 0. The number of likely N-dealkylation sites (tertiary alicyclic amines) is 2. The third kappa shape index (κ3) is 4.43. The topological polar surface area (TPSA) is 15.7 Å². The van der Waals surface area contributed by atoms with Crippen LogP contribution in [0.3, 0.4) is 0 Å². The van der Waals surface area contributed by atoms with Crippen LogP contribution in [0, 0.1) is 11.7 Å². The van der Waals surface area contributed by atoms with Gasteiger partial charge in [-0.25, -0.2) is 4.39 Å². The maximum absolute atomic E-state index is 13.2. The lowest BCUT2D eigenvalue weighted by atomic mass is 9.96. The van der Waals surface area contributed by atoms with Crippen LogP contribution in [0.2, 0.25) is 0 Å². The Hall–Kier alpha value is -1.13. The molecule has 1 aromatic rings. The first-order chi connectivity index (χ1) is 10.7. The van der Waals surface area contributed by atoms with Gasteiger partial charge in [-0.2, -0.15) is 0 Å². The van der Waals surface area contributed by atoms with Gasteiger partial charge in [-0.05, 0) is 57.3 Å². The van der Waals surface area contributed by atoms with Gasteiger partial charge in [0.15, 0.2) is 0 Å². The molecule has 0 saturated carbocycles. The second kappa shape index (κ2) is 7.42. The summed E-state index contributed by atoms with van der Waals surface area (Å²) in [6, 6.07) is 6.48. The van der Waals surface area contributed by atoms with E-state index >= 15 is 0 Å². The standard InChI is InChI=1S/C18H27FN2O/c1-20-9-3-4-15(13-20)14-21-10-7-17(8-11-21)22-18-6-2-5-16(19)12-18/h2,5-6,12,15,17H,3-4,7-11,13-14H2,1H3. The molecule has 2 aliphatic rings. The summed E-state index contributed by atoms with van der Waals surface area (Å²) in [7, 11) is 2.23. The number of ether oxygens (including phenoxy) is 1. The van der Waals surface area contributed by atoms with Crippen molar-refractivity contribution in [3.05, 3.63) is 30.1 Å². The maximum Gasteiger partial charge on any atom is 0.126 e. The summed E-state index contributed by atoms with van der Waals surface area (Å²) in [5.74, 6) is 1.25. The van der Waals surface area contributed by atoms with E-state index in [-0.39, 0.29) is 11.9 Å². The molecule has 4 heteroatoms. The van der Waals surface area contributed by atoms with E-state index in [1.165, 1.54) is 44.6 Å². The molecule has 0 N–H and O–H groups in total. The Morgan fingerprint density at radius 3 is 2.73 bits per heavy atom. The highest BCUT2D eigenvalue weighted by Gasteiger charge is 2.24. The zero-order valence-electron chi connectivity index (χ0n) is 13.5. The van der Waals surface area contributed by atoms with Gasteiger partial charge in [0, 0.05) is 32.2 Å². The monoisotopic (exact) mass is 306 g/mol. The summed E-state index contributed by atoms with van der Waals surface area (Å²) in [6.07, 6.45) is 5.01. The van der Waals surface area contributed by atoms with Crippen molar-refractivity contribution in [2.45, 2.75) is 31.8 Å². The van der Waals surface area contributed by atoms with Crippen molar-refractivity contribution < 1.29 is 9.13 Å². The average molecular weight is 306 g/mol. The van der Waals surface area contributed by atoms with Crippen molar-refractivity contribution in [1.29, 1.82) is 0 Å². The van der Waals surface area contributed by atoms with Crippen molar-refractivity contribution in [2.24, 2.45) is 5.92 Å². The Kier molecular flexibility index (Phi) is 5.32. The molecule has 0 spiro atoms. The molecule has 3 rings (SSSR count). The molecule has 122 valence electrons. The minimum absolute atomic E-state index is 0.226. The number of nitrogens with zero attached hydrogens (tertiary/aromatic N) is 2. The molecular formula is C18H27FN2O. The second-order valence-electron chi connectivity index (χ2n) is 6.85. The summed E-state index contributed by atoms with van der Waals surface area (Å²) in [5, 5.41) is 0. The van der Waals surface area contributed by atoms with Crippen molar-refractivity contribution in [3.63, 3.8) is 0 Å². The third-order valence-corrected chi connectivity index (χ3v) is 4.87. The highest BCUT2D eigenvalue weighted by molar-refractivity contribution is 5.22. The van der Waals surface area contributed by atoms with Crippen LogP contribution >= 0.6 is 0 Å². The molecule has 0 aliphatic carbocycles. The van der Waals surface area contributed by atoms with Crippen molar-refractivity contribution in [1.82, 2.24) is 9.80 Å².